The summed E-state index contributed by atoms with van der Waals surface area (Å²) in [5.41, 5.74) is 5.37. The van der Waals surface area contributed by atoms with Gasteiger partial charge in [0.25, 0.3) is 0 Å². The lowest BCUT2D eigenvalue weighted by atomic mass is 10.0. The third kappa shape index (κ3) is 38.7. The molecule has 9 heteroatoms. The quantitative estimate of drug-likeness (QED) is 0.0276. The summed E-state index contributed by atoms with van der Waals surface area (Å²) in [6.45, 7) is 4.01. The molecule has 5 N–H and O–H groups in total. The van der Waals surface area contributed by atoms with Crippen LogP contribution in [0, 0.1) is 0 Å². The Kier molecular flexibility index (Phi) is 39.9. The topological polar surface area (TPSA) is 131 Å². The van der Waals surface area contributed by atoms with E-state index in [0.29, 0.717) is 6.42 Å². The van der Waals surface area contributed by atoms with Gasteiger partial charge in [-0.05, 0) is 51.4 Å². The lowest BCUT2D eigenvalue weighted by Crippen LogP contribution is -2.45. The van der Waals surface area contributed by atoms with Crippen molar-refractivity contribution < 1.29 is 28.4 Å². The van der Waals surface area contributed by atoms with Crippen molar-refractivity contribution in [3.8, 4) is 0 Å². The van der Waals surface area contributed by atoms with E-state index in [4.69, 9.17) is 14.8 Å². The molecule has 0 aromatic heterocycles. The largest absolute Gasteiger partial charge is 0.472 e. The van der Waals surface area contributed by atoms with Gasteiger partial charge in [0.05, 0.1) is 25.4 Å². The molecule has 3 atom stereocenters. The van der Waals surface area contributed by atoms with E-state index in [1.807, 2.05) is 6.08 Å². The predicted molar refractivity (Wildman–Crippen MR) is 231 cm³/mol. The number of hydrogen-bond acceptors (Lipinski definition) is 6. The first-order valence-corrected chi connectivity index (χ1v) is 23.8. The number of rotatable bonds is 41. The lowest BCUT2D eigenvalue weighted by molar-refractivity contribution is -0.123. The normalized spacial score (nSPS) is 14.5. The van der Waals surface area contributed by atoms with Gasteiger partial charge in [0.15, 0.2) is 0 Å². The predicted octanol–water partition coefficient (Wildman–Crippen LogP) is 12.5. The molecule has 0 heterocycles. The van der Waals surface area contributed by atoms with Crippen LogP contribution in [0.1, 0.15) is 200 Å². The molecule has 0 spiro atoms. The van der Waals surface area contributed by atoms with E-state index < -0.39 is 20.0 Å². The van der Waals surface area contributed by atoms with Crippen LogP contribution < -0.4 is 11.1 Å². The van der Waals surface area contributed by atoms with Crippen molar-refractivity contribution in [2.45, 2.75) is 212 Å². The molecule has 0 radical (unpaired) electrons. The number of aliphatic hydroxyl groups is 1. The Hall–Kier alpha value is -1.54. The minimum atomic E-state index is -4.34. The molecule has 1 amide bonds. The molecule has 0 rings (SSSR count). The van der Waals surface area contributed by atoms with Crippen molar-refractivity contribution in [3.63, 3.8) is 0 Å². The molecule has 0 aromatic carbocycles. The Balaban J connectivity index is 4.21. The second kappa shape index (κ2) is 41.1. The third-order valence-corrected chi connectivity index (χ3v) is 10.6. The molecular weight excluding hydrogens is 695 g/mol. The van der Waals surface area contributed by atoms with Gasteiger partial charge < -0.3 is 21.1 Å². The SMILES string of the molecule is CC/C=C\C/C=C\C/C=C\CCCCCCCC(=O)NC(COP(=O)(O)OCCN)C(O)/C=C/CCCCCCCCCCCCCCCCCCCC. The van der Waals surface area contributed by atoms with Crippen molar-refractivity contribution in [2.24, 2.45) is 5.73 Å². The van der Waals surface area contributed by atoms with Crippen LogP contribution in [0.15, 0.2) is 48.6 Å². The summed E-state index contributed by atoms with van der Waals surface area (Å²) in [4.78, 5) is 22.7. The van der Waals surface area contributed by atoms with E-state index >= 15 is 0 Å². The smallest absolute Gasteiger partial charge is 0.387 e. The van der Waals surface area contributed by atoms with Gasteiger partial charge in [-0.2, -0.15) is 0 Å². The summed E-state index contributed by atoms with van der Waals surface area (Å²) in [7, 11) is -4.34. The molecule has 0 bridgehead atoms. The molecule has 0 aromatic rings. The Bertz CT molecular complexity index is 985. The minimum absolute atomic E-state index is 0.0740. The van der Waals surface area contributed by atoms with E-state index in [9.17, 15) is 19.4 Å². The summed E-state index contributed by atoms with van der Waals surface area (Å²) in [6, 6.07) is -0.870. The number of hydrogen-bond donors (Lipinski definition) is 4. The van der Waals surface area contributed by atoms with Crippen molar-refractivity contribution in [1.29, 1.82) is 0 Å². The zero-order chi connectivity index (χ0) is 39.6. The maximum Gasteiger partial charge on any atom is 0.472 e. The highest BCUT2D eigenvalue weighted by molar-refractivity contribution is 7.47. The molecule has 0 fully saturated rings. The summed E-state index contributed by atoms with van der Waals surface area (Å²) < 4.78 is 22.1. The van der Waals surface area contributed by atoms with Crippen LogP contribution in [0.3, 0.4) is 0 Å². The fraction of sp³-hybridized carbons (Fsp3) is 0.800. The van der Waals surface area contributed by atoms with Crippen molar-refractivity contribution in [1.82, 2.24) is 5.32 Å². The highest BCUT2D eigenvalue weighted by atomic mass is 31.2. The maximum atomic E-state index is 12.7. The number of phosphoric ester groups is 1. The van der Waals surface area contributed by atoms with Crippen LogP contribution in [0.5, 0.6) is 0 Å². The van der Waals surface area contributed by atoms with E-state index in [1.54, 1.807) is 6.08 Å². The standard InChI is InChI=1S/C45H85N2O6P/c1-3-5-7-9-11-13-15-17-19-20-21-22-23-25-26-28-30-32-34-36-38-44(48)43(42-53-54(50,51)52-41-40-46)47-45(49)39-37-35-33-31-29-27-24-18-16-14-12-10-8-6-4-2/h6,8,12,14,18,24,36,38,43-44,48H,3-5,7,9-11,13,15-17,19-23,25-35,37,39-42,46H2,1-2H3,(H,47,49)(H,50,51)/b8-6-,14-12-,24-18-,38-36+. The second-order valence-electron chi connectivity index (χ2n) is 14.9. The third-order valence-electron chi connectivity index (χ3n) is 9.66. The number of aliphatic hydroxyl groups excluding tert-OH is 1. The maximum absolute atomic E-state index is 12.7. The van der Waals surface area contributed by atoms with Gasteiger partial charge in [-0.3, -0.25) is 13.8 Å². The first kappa shape index (κ1) is 52.5. The van der Waals surface area contributed by atoms with Gasteiger partial charge in [0.1, 0.15) is 0 Å². The van der Waals surface area contributed by atoms with Gasteiger partial charge in [-0.25, -0.2) is 4.57 Å². The Morgan fingerprint density at radius 3 is 1.57 bits per heavy atom. The van der Waals surface area contributed by atoms with Gasteiger partial charge in [-0.1, -0.05) is 191 Å². The van der Waals surface area contributed by atoms with Crippen LogP contribution in [0.4, 0.5) is 0 Å². The van der Waals surface area contributed by atoms with Crippen LogP contribution in [-0.2, 0) is 18.4 Å². The molecule has 0 saturated carbocycles. The molecule has 0 aliphatic heterocycles. The monoisotopic (exact) mass is 781 g/mol. The average molecular weight is 781 g/mol. The lowest BCUT2D eigenvalue weighted by Gasteiger charge is -2.23. The zero-order valence-corrected chi connectivity index (χ0v) is 35.8. The van der Waals surface area contributed by atoms with Crippen LogP contribution in [0.2, 0.25) is 0 Å². The Morgan fingerprint density at radius 1 is 0.630 bits per heavy atom. The van der Waals surface area contributed by atoms with E-state index in [2.05, 4.69) is 55.6 Å². The molecule has 316 valence electrons. The molecule has 8 nitrogen and oxygen atoms in total. The Labute approximate surface area is 332 Å². The Morgan fingerprint density at radius 2 is 1.07 bits per heavy atom. The van der Waals surface area contributed by atoms with Crippen molar-refractivity contribution in [2.75, 3.05) is 19.8 Å². The van der Waals surface area contributed by atoms with Gasteiger partial charge in [-0.15, -0.1) is 0 Å². The highest BCUT2D eigenvalue weighted by Gasteiger charge is 2.26. The molecule has 0 aliphatic carbocycles. The van der Waals surface area contributed by atoms with E-state index in [0.717, 1.165) is 77.0 Å². The van der Waals surface area contributed by atoms with Crippen molar-refractivity contribution >= 4 is 13.7 Å². The van der Waals surface area contributed by atoms with E-state index in [-0.39, 0.29) is 25.7 Å². The fourth-order valence-corrected chi connectivity index (χ4v) is 7.08. The highest BCUT2D eigenvalue weighted by Crippen LogP contribution is 2.43. The van der Waals surface area contributed by atoms with Crippen LogP contribution in [0.25, 0.3) is 0 Å². The summed E-state index contributed by atoms with van der Waals surface area (Å²) in [5, 5.41) is 13.7. The van der Waals surface area contributed by atoms with Gasteiger partial charge >= 0.3 is 7.82 Å². The second-order valence-corrected chi connectivity index (χ2v) is 16.3. The average Bonchev–Trinajstić information content (AvgIpc) is 3.16. The number of unbranched alkanes of at least 4 members (excludes halogenated alkanes) is 23. The van der Waals surface area contributed by atoms with Crippen molar-refractivity contribution in [3.05, 3.63) is 48.6 Å². The minimum Gasteiger partial charge on any atom is -0.387 e. The number of nitrogens with one attached hydrogen (secondary N) is 1. The molecule has 3 unspecified atom stereocenters. The number of nitrogens with two attached hydrogens (primary N) is 1. The van der Waals surface area contributed by atoms with Crippen LogP contribution >= 0.6 is 7.82 Å². The number of allylic oxidation sites excluding steroid dienone is 7. The van der Waals surface area contributed by atoms with Crippen LogP contribution in [-0.4, -0.2) is 47.8 Å². The summed E-state index contributed by atoms with van der Waals surface area (Å²) >= 11 is 0. The molecule has 0 saturated heterocycles. The zero-order valence-electron chi connectivity index (χ0n) is 35.0. The molecule has 54 heavy (non-hydrogen) atoms. The number of phosphoric acid groups is 1. The van der Waals surface area contributed by atoms with E-state index in [1.165, 1.54) is 103 Å². The number of carbonyl (C=O) groups excluding carboxylic acids is 1. The fourth-order valence-electron chi connectivity index (χ4n) is 6.32. The first-order chi connectivity index (χ1) is 26.4. The summed E-state index contributed by atoms with van der Waals surface area (Å²) in [6.07, 6.45) is 50.2. The summed E-state index contributed by atoms with van der Waals surface area (Å²) in [5.74, 6) is -0.212. The molecular formula is C45H85N2O6P. The van der Waals surface area contributed by atoms with Gasteiger partial charge in [0.2, 0.25) is 5.91 Å². The molecule has 0 aliphatic rings. The number of amides is 1. The first-order valence-electron chi connectivity index (χ1n) is 22.3. The van der Waals surface area contributed by atoms with Gasteiger partial charge in [0, 0.05) is 13.0 Å². The number of carbonyl (C=O) groups is 1.